The zero-order chi connectivity index (χ0) is 21.4. The number of ether oxygens (including phenoxy) is 2. The van der Waals surface area contributed by atoms with E-state index in [2.05, 4.69) is 10.3 Å². The number of hydrogen-bond donors (Lipinski definition) is 1. The van der Waals surface area contributed by atoms with E-state index in [1.807, 2.05) is 36.6 Å². The van der Waals surface area contributed by atoms with E-state index < -0.39 is 0 Å². The summed E-state index contributed by atoms with van der Waals surface area (Å²) >= 11 is 3.25. The van der Waals surface area contributed by atoms with Gasteiger partial charge in [-0.05, 0) is 31.2 Å². The molecular weight excluding hydrogens is 434 g/mol. The number of anilines is 1. The molecule has 0 saturated carbocycles. The quantitative estimate of drug-likeness (QED) is 0.636. The number of hydrogen-bond acceptors (Lipinski definition) is 7. The van der Waals surface area contributed by atoms with Gasteiger partial charge in [-0.2, -0.15) is 0 Å². The van der Waals surface area contributed by atoms with Gasteiger partial charge in [0.2, 0.25) is 11.8 Å². The summed E-state index contributed by atoms with van der Waals surface area (Å²) in [6.07, 6.45) is 0.202. The third kappa shape index (κ3) is 4.15. The Morgan fingerprint density at radius 2 is 2.06 bits per heavy atom. The lowest BCUT2D eigenvalue weighted by atomic mass is 10.1. The van der Waals surface area contributed by atoms with Crippen LogP contribution >= 0.6 is 22.7 Å². The maximum Gasteiger partial charge on any atom is 0.227 e. The Hall–Kier alpha value is -2.91. The minimum atomic E-state index is -0.374. The van der Waals surface area contributed by atoms with Crippen LogP contribution in [0.5, 0.6) is 11.5 Å². The van der Waals surface area contributed by atoms with E-state index in [0.717, 1.165) is 26.1 Å². The van der Waals surface area contributed by atoms with Gasteiger partial charge in [0.25, 0.3) is 0 Å². The Balaban J connectivity index is 1.20. The van der Waals surface area contributed by atoms with Crippen molar-refractivity contribution in [2.45, 2.75) is 19.9 Å². The van der Waals surface area contributed by atoms with Crippen LogP contribution < -0.4 is 19.7 Å². The highest BCUT2D eigenvalue weighted by molar-refractivity contribution is 7.16. The van der Waals surface area contributed by atoms with E-state index in [9.17, 15) is 9.59 Å². The average molecular weight is 456 g/mol. The molecule has 0 aliphatic carbocycles. The van der Waals surface area contributed by atoms with Crippen LogP contribution in [-0.2, 0) is 16.1 Å². The number of benzene rings is 1. The first-order valence-electron chi connectivity index (χ1n) is 10.1. The van der Waals surface area contributed by atoms with Crippen molar-refractivity contribution in [1.82, 2.24) is 10.3 Å². The summed E-state index contributed by atoms with van der Waals surface area (Å²) in [5.41, 5.74) is 1.70. The molecule has 1 N–H and O–H groups in total. The van der Waals surface area contributed by atoms with Gasteiger partial charge in [-0.25, -0.2) is 4.98 Å². The third-order valence-electron chi connectivity index (χ3n) is 5.30. The standard InChI is InChI=1S/C22H21N3O4S2/c1-13-24-17(12-30-13)20-5-3-16(31-20)10-23-22(27)14-8-21(26)25(11-14)15-2-4-18-19(9-15)29-7-6-28-18/h2-5,9,12,14H,6-8,10-11H2,1H3,(H,23,27)/t14-/m0/s1. The van der Waals surface area contributed by atoms with Crippen LogP contribution in [0.25, 0.3) is 10.6 Å². The predicted octanol–water partition coefficient (Wildman–Crippen LogP) is 3.62. The molecule has 31 heavy (non-hydrogen) atoms. The van der Waals surface area contributed by atoms with Gasteiger partial charge in [-0.1, -0.05) is 0 Å². The maximum atomic E-state index is 12.7. The Labute approximate surface area is 187 Å². The molecule has 2 aromatic heterocycles. The van der Waals surface area contributed by atoms with Crippen LogP contribution in [0.3, 0.4) is 0 Å². The highest BCUT2D eigenvalue weighted by Crippen LogP contribution is 2.36. The Morgan fingerprint density at radius 1 is 1.23 bits per heavy atom. The molecule has 5 rings (SSSR count). The second-order valence-corrected chi connectivity index (χ2v) is 9.70. The molecule has 4 heterocycles. The number of amides is 2. The molecule has 1 aromatic carbocycles. The van der Waals surface area contributed by atoms with Gasteiger partial charge >= 0.3 is 0 Å². The molecule has 0 unspecified atom stereocenters. The molecule has 2 amide bonds. The van der Waals surface area contributed by atoms with E-state index >= 15 is 0 Å². The van der Waals surface area contributed by atoms with E-state index in [1.165, 1.54) is 0 Å². The first-order chi connectivity index (χ1) is 15.1. The summed E-state index contributed by atoms with van der Waals surface area (Å²) in [5, 5.41) is 6.06. The van der Waals surface area contributed by atoms with Crippen molar-refractivity contribution in [1.29, 1.82) is 0 Å². The topological polar surface area (TPSA) is 80.8 Å². The SMILES string of the molecule is Cc1nc(-c2ccc(CNC(=O)[C@H]3CC(=O)N(c4ccc5c(c4)OCCO5)C3)s2)cs1. The number of fused-ring (bicyclic) bond motifs is 1. The number of aryl methyl sites for hydroxylation is 1. The minimum absolute atomic E-state index is 0.0610. The number of carbonyl (C=O) groups excluding carboxylic acids is 2. The lowest BCUT2D eigenvalue weighted by Gasteiger charge is -2.22. The van der Waals surface area contributed by atoms with Crippen LogP contribution in [0.15, 0.2) is 35.7 Å². The van der Waals surface area contributed by atoms with Crippen molar-refractivity contribution in [2.75, 3.05) is 24.7 Å². The number of aromatic nitrogens is 1. The molecule has 7 nitrogen and oxygen atoms in total. The van der Waals surface area contributed by atoms with Gasteiger partial charge in [0.1, 0.15) is 13.2 Å². The summed E-state index contributed by atoms with van der Waals surface area (Å²) in [6, 6.07) is 9.49. The number of carbonyl (C=O) groups is 2. The first-order valence-corrected chi connectivity index (χ1v) is 11.8. The average Bonchev–Trinajstić information content (AvgIpc) is 3.51. The fourth-order valence-electron chi connectivity index (χ4n) is 3.74. The highest BCUT2D eigenvalue weighted by atomic mass is 32.1. The van der Waals surface area contributed by atoms with Gasteiger partial charge in [0.05, 0.1) is 28.0 Å². The Bertz CT molecular complexity index is 1140. The molecule has 9 heteroatoms. The van der Waals surface area contributed by atoms with Gasteiger partial charge in [-0.3, -0.25) is 9.59 Å². The van der Waals surface area contributed by atoms with Gasteiger partial charge in [-0.15, -0.1) is 22.7 Å². The van der Waals surface area contributed by atoms with Crippen molar-refractivity contribution < 1.29 is 19.1 Å². The van der Waals surface area contributed by atoms with E-state index in [1.54, 1.807) is 33.6 Å². The second kappa shape index (κ2) is 8.32. The summed E-state index contributed by atoms with van der Waals surface area (Å²) in [7, 11) is 0. The van der Waals surface area contributed by atoms with Gasteiger partial charge in [0.15, 0.2) is 11.5 Å². The van der Waals surface area contributed by atoms with E-state index in [4.69, 9.17) is 9.47 Å². The zero-order valence-corrected chi connectivity index (χ0v) is 18.6. The van der Waals surface area contributed by atoms with Gasteiger partial charge < -0.3 is 19.7 Å². The van der Waals surface area contributed by atoms with Crippen LogP contribution in [0, 0.1) is 12.8 Å². The number of nitrogens with zero attached hydrogens (tertiary/aromatic N) is 2. The number of thiazole rings is 1. The molecule has 160 valence electrons. The number of nitrogens with one attached hydrogen (secondary N) is 1. The second-order valence-electron chi connectivity index (χ2n) is 7.47. The predicted molar refractivity (Wildman–Crippen MR) is 120 cm³/mol. The molecule has 0 radical (unpaired) electrons. The fraction of sp³-hybridized carbons (Fsp3) is 0.318. The lowest BCUT2D eigenvalue weighted by molar-refractivity contribution is -0.126. The largest absolute Gasteiger partial charge is 0.486 e. The normalized spacial score (nSPS) is 17.8. The highest BCUT2D eigenvalue weighted by Gasteiger charge is 2.35. The number of rotatable bonds is 5. The minimum Gasteiger partial charge on any atom is -0.486 e. The Morgan fingerprint density at radius 3 is 2.87 bits per heavy atom. The molecule has 1 atom stereocenters. The molecule has 3 aromatic rings. The van der Waals surface area contributed by atoms with Crippen LogP contribution in [0.2, 0.25) is 0 Å². The molecule has 0 spiro atoms. The summed E-state index contributed by atoms with van der Waals surface area (Å²) in [4.78, 5) is 33.6. The van der Waals surface area contributed by atoms with E-state index in [-0.39, 0.29) is 24.2 Å². The first kappa shape index (κ1) is 20.0. The third-order valence-corrected chi connectivity index (χ3v) is 7.18. The molecular formula is C22H21N3O4S2. The van der Waals surface area contributed by atoms with E-state index in [0.29, 0.717) is 37.8 Å². The van der Waals surface area contributed by atoms with Crippen molar-refractivity contribution in [3.8, 4) is 22.1 Å². The lowest BCUT2D eigenvalue weighted by Crippen LogP contribution is -2.32. The molecule has 1 saturated heterocycles. The van der Waals surface area contributed by atoms with Crippen molar-refractivity contribution in [3.05, 3.63) is 45.6 Å². The molecule has 2 aliphatic heterocycles. The molecule has 1 fully saturated rings. The summed E-state index contributed by atoms with van der Waals surface area (Å²) in [5.74, 6) is 0.774. The smallest absolute Gasteiger partial charge is 0.227 e. The van der Waals surface area contributed by atoms with Crippen molar-refractivity contribution in [2.24, 2.45) is 5.92 Å². The fourth-order valence-corrected chi connectivity index (χ4v) is 5.33. The summed E-state index contributed by atoms with van der Waals surface area (Å²) in [6.45, 7) is 3.80. The molecule has 2 aliphatic rings. The van der Waals surface area contributed by atoms with Crippen LogP contribution in [0.4, 0.5) is 5.69 Å². The Kier molecular flexibility index (Phi) is 5.37. The molecule has 0 bridgehead atoms. The zero-order valence-electron chi connectivity index (χ0n) is 16.9. The van der Waals surface area contributed by atoms with Crippen LogP contribution in [-0.4, -0.2) is 36.6 Å². The van der Waals surface area contributed by atoms with Gasteiger partial charge in [0, 0.05) is 35.0 Å². The van der Waals surface area contributed by atoms with Crippen molar-refractivity contribution >= 4 is 40.2 Å². The number of thiophene rings is 1. The maximum absolute atomic E-state index is 12.7. The van der Waals surface area contributed by atoms with Crippen LogP contribution in [0.1, 0.15) is 16.3 Å². The monoisotopic (exact) mass is 455 g/mol. The van der Waals surface area contributed by atoms with Crippen molar-refractivity contribution in [3.63, 3.8) is 0 Å². The summed E-state index contributed by atoms with van der Waals surface area (Å²) < 4.78 is 11.1.